The summed E-state index contributed by atoms with van der Waals surface area (Å²) in [5, 5.41) is 11.0. The zero-order valence-electron chi connectivity index (χ0n) is 11.1. The maximum absolute atomic E-state index is 11.5. The SMILES string of the molecule is CN(N)Cc1sc2c(c1C(=O)O)CC(C)(C)CC2. The average molecular weight is 268 g/mol. The molecule has 3 N–H and O–H groups in total. The molecule has 0 amide bonds. The summed E-state index contributed by atoms with van der Waals surface area (Å²) in [6, 6.07) is 0. The molecule has 4 nitrogen and oxygen atoms in total. The monoisotopic (exact) mass is 268 g/mol. The summed E-state index contributed by atoms with van der Waals surface area (Å²) in [7, 11) is 1.76. The number of carboxylic acid groups (broad SMARTS) is 1. The topological polar surface area (TPSA) is 66.6 Å². The van der Waals surface area contributed by atoms with E-state index in [1.54, 1.807) is 18.4 Å². The Hall–Kier alpha value is -0.910. The lowest BCUT2D eigenvalue weighted by Gasteiger charge is -2.29. The second-order valence-corrected chi connectivity index (χ2v) is 7.05. The third-order valence-corrected chi connectivity index (χ3v) is 4.73. The Morgan fingerprint density at radius 3 is 2.78 bits per heavy atom. The molecule has 0 aliphatic heterocycles. The number of aryl methyl sites for hydroxylation is 1. The van der Waals surface area contributed by atoms with E-state index >= 15 is 0 Å². The Morgan fingerprint density at radius 2 is 2.22 bits per heavy atom. The fourth-order valence-electron chi connectivity index (χ4n) is 2.56. The lowest BCUT2D eigenvalue weighted by Crippen LogP contribution is -2.26. The Morgan fingerprint density at radius 1 is 1.56 bits per heavy atom. The second kappa shape index (κ2) is 4.64. The predicted octanol–water partition coefficient (Wildman–Crippen LogP) is 2.27. The third-order valence-electron chi connectivity index (χ3n) is 3.45. The van der Waals surface area contributed by atoms with Crippen LogP contribution < -0.4 is 5.84 Å². The van der Waals surface area contributed by atoms with Gasteiger partial charge in [-0.25, -0.2) is 9.80 Å². The van der Waals surface area contributed by atoms with E-state index in [-0.39, 0.29) is 5.41 Å². The molecule has 1 aromatic rings. The molecule has 0 saturated carbocycles. The fraction of sp³-hybridized carbons (Fsp3) is 0.615. The number of nitrogens with zero attached hydrogens (tertiary/aromatic N) is 1. The van der Waals surface area contributed by atoms with E-state index in [4.69, 9.17) is 5.84 Å². The van der Waals surface area contributed by atoms with E-state index in [2.05, 4.69) is 13.8 Å². The van der Waals surface area contributed by atoms with Crippen molar-refractivity contribution in [3.8, 4) is 0 Å². The van der Waals surface area contributed by atoms with Crippen molar-refractivity contribution < 1.29 is 9.90 Å². The van der Waals surface area contributed by atoms with Crippen molar-refractivity contribution in [1.82, 2.24) is 5.01 Å². The van der Waals surface area contributed by atoms with Gasteiger partial charge in [0.1, 0.15) is 0 Å². The van der Waals surface area contributed by atoms with Crippen molar-refractivity contribution in [3.05, 3.63) is 20.9 Å². The van der Waals surface area contributed by atoms with Crippen molar-refractivity contribution in [2.24, 2.45) is 11.3 Å². The molecular formula is C13H20N2O2S. The number of hydrogen-bond acceptors (Lipinski definition) is 4. The van der Waals surface area contributed by atoms with Gasteiger partial charge in [-0.2, -0.15) is 0 Å². The number of fused-ring (bicyclic) bond motifs is 1. The van der Waals surface area contributed by atoms with Gasteiger partial charge in [-0.3, -0.25) is 5.84 Å². The van der Waals surface area contributed by atoms with Crippen LogP contribution in [0.3, 0.4) is 0 Å². The van der Waals surface area contributed by atoms with Gasteiger partial charge in [0.05, 0.1) is 5.56 Å². The standard InChI is InChI=1S/C13H20N2O2S/c1-13(2)5-4-9-8(6-13)11(12(16)17)10(18-9)7-15(3)14/h4-7,14H2,1-3H3,(H,16,17). The Kier molecular flexibility index (Phi) is 3.49. The highest BCUT2D eigenvalue weighted by molar-refractivity contribution is 7.12. The van der Waals surface area contributed by atoms with Gasteiger partial charge >= 0.3 is 5.97 Å². The first-order valence-electron chi connectivity index (χ1n) is 6.13. The smallest absolute Gasteiger partial charge is 0.337 e. The molecule has 1 aliphatic carbocycles. The van der Waals surface area contributed by atoms with Gasteiger partial charge in [0.2, 0.25) is 0 Å². The molecule has 1 aliphatic rings. The largest absolute Gasteiger partial charge is 0.478 e. The minimum Gasteiger partial charge on any atom is -0.478 e. The van der Waals surface area contributed by atoms with Crippen LogP contribution in [0.1, 0.15) is 45.9 Å². The van der Waals surface area contributed by atoms with Crippen LogP contribution in [0.25, 0.3) is 0 Å². The van der Waals surface area contributed by atoms with Gasteiger partial charge in [0.15, 0.2) is 0 Å². The molecule has 1 heterocycles. The molecule has 5 heteroatoms. The van der Waals surface area contributed by atoms with Crippen LogP contribution >= 0.6 is 11.3 Å². The minimum atomic E-state index is -0.818. The summed E-state index contributed by atoms with van der Waals surface area (Å²) in [6.07, 6.45) is 2.97. The molecule has 0 spiro atoms. The second-order valence-electron chi connectivity index (χ2n) is 5.86. The highest BCUT2D eigenvalue weighted by atomic mass is 32.1. The van der Waals surface area contributed by atoms with Crippen molar-refractivity contribution in [3.63, 3.8) is 0 Å². The van der Waals surface area contributed by atoms with Crippen molar-refractivity contribution in [1.29, 1.82) is 0 Å². The van der Waals surface area contributed by atoms with Crippen molar-refractivity contribution in [2.45, 2.75) is 39.7 Å². The zero-order valence-corrected chi connectivity index (χ0v) is 11.9. The average Bonchev–Trinajstić information content (AvgIpc) is 2.52. The van der Waals surface area contributed by atoms with Crippen LogP contribution in [0.2, 0.25) is 0 Å². The van der Waals surface area contributed by atoms with E-state index in [0.717, 1.165) is 29.7 Å². The predicted molar refractivity (Wildman–Crippen MR) is 72.7 cm³/mol. The molecule has 1 aromatic heterocycles. The molecule has 0 fully saturated rings. The molecule has 0 atom stereocenters. The van der Waals surface area contributed by atoms with E-state index in [1.165, 1.54) is 9.89 Å². The molecule has 2 rings (SSSR count). The molecule has 0 unspecified atom stereocenters. The quantitative estimate of drug-likeness (QED) is 0.652. The molecule has 0 aromatic carbocycles. The summed E-state index contributed by atoms with van der Waals surface area (Å²) in [5.41, 5.74) is 1.74. The van der Waals surface area contributed by atoms with Gasteiger partial charge in [0, 0.05) is 23.3 Å². The fourth-order valence-corrected chi connectivity index (χ4v) is 3.94. The Balaban J connectivity index is 2.46. The first-order chi connectivity index (χ1) is 8.30. The molecule has 18 heavy (non-hydrogen) atoms. The molecule has 100 valence electrons. The van der Waals surface area contributed by atoms with Crippen LogP contribution in [-0.4, -0.2) is 23.1 Å². The Bertz CT molecular complexity index is 478. The molecule has 0 bridgehead atoms. The summed E-state index contributed by atoms with van der Waals surface area (Å²) in [4.78, 5) is 13.6. The number of aromatic carboxylic acids is 1. The number of rotatable bonds is 3. The number of carboxylic acids is 1. The number of nitrogens with two attached hydrogens (primary N) is 1. The van der Waals surface area contributed by atoms with Crippen molar-refractivity contribution >= 4 is 17.3 Å². The van der Waals surface area contributed by atoms with E-state index in [1.807, 2.05) is 0 Å². The van der Waals surface area contributed by atoms with Gasteiger partial charge in [-0.05, 0) is 30.2 Å². The first-order valence-corrected chi connectivity index (χ1v) is 6.94. The van der Waals surface area contributed by atoms with Crippen LogP contribution in [0, 0.1) is 5.41 Å². The summed E-state index contributed by atoms with van der Waals surface area (Å²) < 4.78 is 0. The van der Waals surface area contributed by atoms with Gasteiger partial charge in [-0.1, -0.05) is 13.8 Å². The zero-order chi connectivity index (χ0) is 13.5. The number of hydrogen-bond donors (Lipinski definition) is 2. The first kappa shape index (κ1) is 13.5. The molecular weight excluding hydrogens is 248 g/mol. The van der Waals surface area contributed by atoms with Gasteiger partial charge in [0.25, 0.3) is 0 Å². The summed E-state index contributed by atoms with van der Waals surface area (Å²) in [6.45, 7) is 4.90. The number of thiophene rings is 1. The molecule has 0 saturated heterocycles. The third kappa shape index (κ3) is 2.58. The van der Waals surface area contributed by atoms with Gasteiger partial charge in [-0.15, -0.1) is 11.3 Å². The lowest BCUT2D eigenvalue weighted by molar-refractivity contribution is 0.0693. The summed E-state index contributed by atoms with van der Waals surface area (Å²) in [5.74, 6) is 4.83. The van der Waals surface area contributed by atoms with Crippen LogP contribution in [0.5, 0.6) is 0 Å². The van der Waals surface area contributed by atoms with E-state index in [0.29, 0.717) is 12.1 Å². The highest BCUT2D eigenvalue weighted by Gasteiger charge is 2.32. The Labute approximate surface area is 111 Å². The van der Waals surface area contributed by atoms with E-state index < -0.39 is 5.97 Å². The maximum atomic E-state index is 11.5. The van der Waals surface area contributed by atoms with E-state index in [9.17, 15) is 9.90 Å². The number of hydrazine groups is 1. The van der Waals surface area contributed by atoms with Crippen molar-refractivity contribution in [2.75, 3.05) is 7.05 Å². The maximum Gasteiger partial charge on any atom is 0.337 e. The van der Waals surface area contributed by atoms with Crippen LogP contribution in [-0.2, 0) is 19.4 Å². The number of carbonyl (C=O) groups is 1. The highest BCUT2D eigenvalue weighted by Crippen LogP contribution is 2.41. The summed E-state index contributed by atoms with van der Waals surface area (Å²) >= 11 is 1.62. The normalized spacial score (nSPS) is 17.8. The lowest BCUT2D eigenvalue weighted by atomic mass is 9.76. The molecule has 0 radical (unpaired) electrons. The van der Waals surface area contributed by atoms with Gasteiger partial charge < -0.3 is 5.11 Å². The van der Waals surface area contributed by atoms with Crippen LogP contribution in [0.15, 0.2) is 0 Å². The van der Waals surface area contributed by atoms with Crippen LogP contribution in [0.4, 0.5) is 0 Å². The minimum absolute atomic E-state index is 0.199.